The van der Waals surface area contributed by atoms with Crippen molar-refractivity contribution in [3.8, 4) is 0 Å². The molecule has 0 saturated heterocycles. The number of rotatable bonds is 7. The zero-order valence-electron chi connectivity index (χ0n) is 12.5. The van der Waals surface area contributed by atoms with Gasteiger partial charge in [-0.15, -0.1) is 0 Å². The molecule has 1 rings (SSSR count). The molecule has 0 aliphatic carbocycles. The Morgan fingerprint density at radius 2 is 2.00 bits per heavy atom. The molecule has 0 fully saturated rings. The molecule has 2 unspecified atom stereocenters. The van der Waals surface area contributed by atoms with Crippen molar-refractivity contribution >= 4 is 5.91 Å². The Balaban J connectivity index is 2.44. The van der Waals surface area contributed by atoms with E-state index in [1.165, 1.54) is 12.1 Å². The van der Waals surface area contributed by atoms with Gasteiger partial charge in [0.2, 0.25) is 5.91 Å². The molecule has 3 atom stereocenters. The molecular weight excluding hydrogens is 255 g/mol. The van der Waals surface area contributed by atoms with Gasteiger partial charge < -0.3 is 11.1 Å². The summed E-state index contributed by atoms with van der Waals surface area (Å²) in [5.41, 5.74) is 6.47. The molecule has 0 aliphatic heterocycles. The number of nitrogens with one attached hydrogen (secondary N) is 1. The van der Waals surface area contributed by atoms with Crippen molar-refractivity contribution in [3.05, 3.63) is 35.6 Å². The first-order valence-corrected chi connectivity index (χ1v) is 7.21. The van der Waals surface area contributed by atoms with Crippen molar-refractivity contribution < 1.29 is 9.18 Å². The minimum Gasteiger partial charge on any atom is -0.349 e. The van der Waals surface area contributed by atoms with Gasteiger partial charge in [-0.05, 0) is 44.4 Å². The molecule has 112 valence electrons. The SMILES string of the molecule is CC(N)CCCC(C)C(=O)N[C@H](C)c1cccc(F)c1. The third kappa shape index (κ3) is 5.70. The fourth-order valence-electron chi connectivity index (χ4n) is 2.09. The molecule has 1 aromatic carbocycles. The second-order valence-electron chi connectivity index (χ2n) is 5.59. The summed E-state index contributed by atoms with van der Waals surface area (Å²) < 4.78 is 13.1. The molecule has 1 aromatic rings. The third-order valence-electron chi connectivity index (χ3n) is 3.45. The fraction of sp³-hybridized carbons (Fsp3) is 0.562. The number of nitrogens with two attached hydrogens (primary N) is 1. The van der Waals surface area contributed by atoms with Gasteiger partial charge in [0.05, 0.1) is 6.04 Å². The minimum absolute atomic E-state index is 0.00596. The van der Waals surface area contributed by atoms with Gasteiger partial charge in [0.1, 0.15) is 5.82 Å². The molecule has 0 radical (unpaired) electrons. The number of benzene rings is 1. The quantitative estimate of drug-likeness (QED) is 0.806. The van der Waals surface area contributed by atoms with Gasteiger partial charge in [-0.2, -0.15) is 0 Å². The number of carbonyl (C=O) groups is 1. The van der Waals surface area contributed by atoms with Crippen LogP contribution in [0, 0.1) is 11.7 Å². The van der Waals surface area contributed by atoms with Crippen molar-refractivity contribution in [1.82, 2.24) is 5.32 Å². The highest BCUT2D eigenvalue weighted by Gasteiger charge is 2.16. The molecule has 0 saturated carbocycles. The van der Waals surface area contributed by atoms with Crippen LogP contribution in [0.3, 0.4) is 0 Å². The summed E-state index contributed by atoms with van der Waals surface area (Å²) in [6.07, 6.45) is 2.70. The zero-order valence-corrected chi connectivity index (χ0v) is 12.5. The molecule has 0 spiro atoms. The lowest BCUT2D eigenvalue weighted by Crippen LogP contribution is -2.31. The second kappa shape index (κ2) is 8.00. The Morgan fingerprint density at radius 3 is 2.60 bits per heavy atom. The number of carbonyl (C=O) groups excluding carboxylic acids is 1. The molecule has 3 N–H and O–H groups in total. The summed E-state index contributed by atoms with van der Waals surface area (Å²) in [5, 5.41) is 2.92. The normalized spacial score (nSPS) is 15.4. The molecule has 4 heteroatoms. The summed E-state index contributed by atoms with van der Waals surface area (Å²) in [7, 11) is 0. The smallest absolute Gasteiger partial charge is 0.223 e. The summed E-state index contributed by atoms with van der Waals surface area (Å²) in [4.78, 5) is 12.1. The Kier molecular flexibility index (Phi) is 6.65. The summed E-state index contributed by atoms with van der Waals surface area (Å²) in [5.74, 6) is -0.329. The van der Waals surface area contributed by atoms with E-state index < -0.39 is 0 Å². The molecule has 20 heavy (non-hydrogen) atoms. The van der Waals surface area contributed by atoms with Crippen molar-refractivity contribution in [3.63, 3.8) is 0 Å². The van der Waals surface area contributed by atoms with Crippen LogP contribution in [0.4, 0.5) is 4.39 Å². The molecule has 3 nitrogen and oxygen atoms in total. The van der Waals surface area contributed by atoms with Gasteiger partial charge in [-0.1, -0.05) is 25.5 Å². The maximum Gasteiger partial charge on any atom is 0.223 e. The van der Waals surface area contributed by atoms with E-state index in [-0.39, 0.29) is 29.7 Å². The van der Waals surface area contributed by atoms with Crippen LogP contribution in [0.15, 0.2) is 24.3 Å². The highest BCUT2D eigenvalue weighted by Crippen LogP contribution is 2.16. The number of hydrogen-bond donors (Lipinski definition) is 2. The van der Waals surface area contributed by atoms with Gasteiger partial charge in [0, 0.05) is 12.0 Å². The molecule has 1 amide bonds. The number of halogens is 1. The maximum atomic E-state index is 13.1. The largest absolute Gasteiger partial charge is 0.349 e. The molecule has 0 aliphatic rings. The lowest BCUT2D eigenvalue weighted by atomic mass is 10.0. The minimum atomic E-state index is -0.284. The number of hydrogen-bond acceptors (Lipinski definition) is 2. The van der Waals surface area contributed by atoms with Gasteiger partial charge in [-0.3, -0.25) is 4.79 Å². The van der Waals surface area contributed by atoms with Crippen molar-refractivity contribution in [1.29, 1.82) is 0 Å². The summed E-state index contributed by atoms with van der Waals surface area (Å²) in [6, 6.07) is 6.31. The van der Waals surface area contributed by atoms with Crippen molar-refractivity contribution in [2.24, 2.45) is 11.7 Å². The van der Waals surface area contributed by atoms with Crippen LogP contribution >= 0.6 is 0 Å². The Hall–Kier alpha value is -1.42. The van der Waals surface area contributed by atoms with Crippen LogP contribution in [-0.4, -0.2) is 11.9 Å². The first kappa shape index (κ1) is 16.6. The Bertz CT molecular complexity index is 434. The van der Waals surface area contributed by atoms with Crippen LogP contribution in [-0.2, 0) is 4.79 Å². The van der Waals surface area contributed by atoms with Gasteiger partial charge in [0.15, 0.2) is 0 Å². The summed E-state index contributed by atoms with van der Waals surface area (Å²) in [6.45, 7) is 5.74. The van der Waals surface area contributed by atoms with Gasteiger partial charge in [-0.25, -0.2) is 4.39 Å². The monoisotopic (exact) mass is 280 g/mol. The van der Waals surface area contributed by atoms with Crippen molar-refractivity contribution in [2.45, 2.75) is 52.1 Å². The van der Waals surface area contributed by atoms with E-state index in [1.807, 2.05) is 26.8 Å². The van der Waals surface area contributed by atoms with E-state index >= 15 is 0 Å². The predicted octanol–water partition coefficient (Wildman–Crippen LogP) is 3.16. The molecule has 0 bridgehead atoms. The van der Waals surface area contributed by atoms with E-state index in [9.17, 15) is 9.18 Å². The first-order chi connectivity index (χ1) is 9.40. The Labute approximate surface area is 120 Å². The fourth-order valence-corrected chi connectivity index (χ4v) is 2.09. The molecule has 0 aromatic heterocycles. The highest BCUT2D eigenvalue weighted by molar-refractivity contribution is 5.78. The highest BCUT2D eigenvalue weighted by atomic mass is 19.1. The zero-order chi connectivity index (χ0) is 15.1. The number of amides is 1. The van der Waals surface area contributed by atoms with Crippen LogP contribution < -0.4 is 11.1 Å². The van der Waals surface area contributed by atoms with E-state index in [0.717, 1.165) is 24.8 Å². The average Bonchev–Trinajstić information content (AvgIpc) is 2.38. The van der Waals surface area contributed by atoms with Crippen LogP contribution in [0.25, 0.3) is 0 Å². The lowest BCUT2D eigenvalue weighted by molar-refractivity contribution is -0.125. The maximum absolute atomic E-state index is 13.1. The van der Waals surface area contributed by atoms with Crippen molar-refractivity contribution in [2.75, 3.05) is 0 Å². The van der Waals surface area contributed by atoms with E-state index in [1.54, 1.807) is 6.07 Å². The first-order valence-electron chi connectivity index (χ1n) is 7.21. The van der Waals surface area contributed by atoms with Crippen LogP contribution in [0.1, 0.15) is 51.6 Å². The second-order valence-corrected chi connectivity index (χ2v) is 5.59. The van der Waals surface area contributed by atoms with E-state index in [2.05, 4.69) is 5.32 Å². The predicted molar refractivity (Wildman–Crippen MR) is 79.6 cm³/mol. The van der Waals surface area contributed by atoms with E-state index in [0.29, 0.717) is 0 Å². The van der Waals surface area contributed by atoms with Gasteiger partial charge in [0.25, 0.3) is 0 Å². The summed E-state index contributed by atoms with van der Waals surface area (Å²) >= 11 is 0. The standard InChI is InChI=1S/C16H25FN2O/c1-11(6-4-7-12(2)18)16(20)19-13(3)14-8-5-9-15(17)10-14/h5,8-13H,4,6-7,18H2,1-3H3,(H,19,20)/t11?,12?,13-/m1/s1. The third-order valence-corrected chi connectivity index (χ3v) is 3.45. The topological polar surface area (TPSA) is 55.1 Å². The van der Waals surface area contributed by atoms with E-state index in [4.69, 9.17) is 5.73 Å². The van der Waals surface area contributed by atoms with Crippen LogP contribution in [0.5, 0.6) is 0 Å². The molecule has 0 heterocycles. The van der Waals surface area contributed by atoms with Crippen LogP contribution in [0.2, 0.25) is 0 Å². The Morgan fingerprint density at radius 1 is 1.30 bits per heavy atom. The van der Waals surface area contributed by atoms with Gasteiger partial charge >= 0.3 is 0 Å². The lowest BCUT2D eigenvalue weighted by Gasteiger charge is -2.18. The molecular formula is C16H25FN2O. The average molecular weight is 280 g/mol.